The van der Waals surface area contributed by atoms with Crippen molar-refractivity contribution >= 4 is 0 Å². The van der Waals surface area contributed by atoms with E-state index in [1.54, 1.807) is 23.1 Å². The summed E-state index contributed by atoms with van der Waals surface area (Å²) in [6, 6.07) is 8.04. The minimum atomic E-state index is 0.512. The largest absolute Gasteiger partial charge is 0.244 e. The molecule has 0 amide bonds. The molecule has 0 aliphatic heterocycles. The number of rotatable bonds is 3. The van der Waals surface area contributed by atoms with Gasteiger partial charge in [-0.25, -0.2) is 14.6 Å². The molecule has 2 aromatic heterocycles. The van der Waals surface area contributed by atoms with Gasteiger partial charge in [-0.3, -0.25) is 0 Å². The molecule has 0 saturated heterocycles. The molecule has 0 unspecified atom stereocenters. The molecule has 1 fully saturated rings. The standard InChI is InChI=1S/C19H17N5/c1-14-11-16(6-5-15-3-4-15)7-8-17(14)18-12-24(23-22-18)13-19-20-9-2-10-21-19/h2,7-12,15H,3-4,13H2,1H3. The Kier molecular flexibility index (Phi) is 3.80. The Morgan fingerprint density at radius 3 is 2.79 bits per heavy atom. The van der Waals surface area contributed by atoms with E-state index in [0.29, 0.717) is 12.5 Å². The zero-order valence-electron chi connectivity index (χ0n) is 13.5. The molecule has 1 saturated carbocycles. The van der Waals surface area contributed by atoms with Crippen molar-refractivity contribution in [2.75, 3.05) is 0 Å². The van der Waals surface area contributed by atoms with E-state index in [1.165, 1.54) is 12.8 Å². The van der Waals surface area contributed by atoms with Crippen molar-refractivity contribution in [1.82, 2.24) is 25.0 Å². The second-order valence-electron chi connectivity index (χ2n) is 6.04. The molecule has 1 aliphatic carbocycles. The summed E-state index contributed by atoms with van der Waals surface area (Å²) in [6.07, 6.45) is 7.88. The third-order valence-corrected chi connectivity index (χ3v) is 3.96. The fourth-order valence-corrected chi connectivity index (χ4v) is 2.50. The maximum Gasteiger partial charge on any atom is 0.149 e. The predicted octanol–water partition coefficient (Wildman–Crippen LogP) is 2.85. The fraction of sp³-hybridized carbons (Fsp3) is 0.263. The Labute approximate surface area is 140 Å². The maximum absolute atomic E-state index is 4.28. The zero-order chi connectivity index (χ0) is 16.4. The summed E-state index contributed by atoms with van der Waals surface area (Å²) >= 11 is 0. The van der Waals surface area contributed by atoms with Gasteiger partial charge in [0.1, 0.15) is 18.1 Å². The van der Waals surface area contributed by atoms with Crippen molar-refractivity contribution in [2.45, 2.75) is 26.3 Å². The highest BCUT2D eigenvalue weighted by atomic mass is 15.4. The van der Waals surface area contributed by atoms with E-state index < -0.39 is 0 Å². The van der Waals surface area contributed by atoms with Crippen LogP contribution in [0.5, 0.6) is 0 Å². The Balaban J connectivity index is 1.54. The molecule has 118 valence electrons. The van der Waals surface area contributed by atoms with Crippen LogP contribution in [0.1, 0.15) is 29.8 Å². The van der Waals surface area contributed by atoms with Gasteiger partial charge in [0.15, 0.2) is 0 Å². The maximum atomic E-state index is 4.28. The van der Waals surface area contributed by atoms with Gasteiger partial charge in [0.05, 0.1) is 6.20 Å². The molecule has 4 rings (SSSR count). The molecule has 5 heteroatoms. The van der Waals surface area contributed by atoms with Crippen molar-refractivity contribution in [3.63, 3.8) is 0 Å². The van der Waals surface area contributed by atoms with Gasteiger partial charge in [-0.2, -0.15) is 0 Å². The quantitative estimate of drug-likeness (QED) is 0.697. The molecule has 0 radical (unpaired) electrons. The number of hydrogen-bond acceptors (Lipinski definition) is 4. The summed E-state index contributed by atoms with van der Waals surface area (Å²) in [5, 5.41) is 8.46. The Morgan fingerprint density at radius 2 is 2.04 bits per heavy atom. The van der Waals surface area contributed by atoms with Crippen LogP contribution < -0.4 is 0 Å². The highest BCUT2D eigenvalue weighted by Gasteiger charge is 2.17. The molecule has 0 bridgehead atoms. The lowest BCUT2D eigenvalue weighted by atomic mass is 10.0. The monoisotopic (exact) mass is 315 g/mol. The van der Waals surface area contributed by atoms with Gasteiger partial charge < -0.3 is 0 Å². The van der Waals surface area contributed by atoms with Crippen LogP contribution in [0.3, 0.4) is 0 Å². The first-order valence-electron chi connectivity index (χ1n) is 8.06. The SMILES string of the molecule is Cc1cc(C#CC2CC2)ccc1-c1cn(Cc2ncccn2)nn1. The minimum absolute atomic E-state index is 0.512. The second-order valence-corrected chi connectivity index (χ2v) is 6.04. The third-order valence-electron chi connectivity index (χ3n) is 3.96. The average Bonchev–Trinajstić information content (AvgIpc) is 3.32. The molecule has 1 aromatic carbocycles. The first-order chi connectivity index (χ1) is 11.8. The molecule has 1 aliphatic rings. The lowest BCUT2D eigenvalue weighted by Crippen LogP contribution is -2.04. The normalized spacial score (nSPS) is 13.4. The smallest absolute Gasteiger partial charge is 0.149 e. The average molecular weight is 315 g/mol. The van der Waals surface area contributed by atoms with Crippen LogP contribution in [-0.2, 0) is 6.54 Å². The van der Waals surface area contributed by atoms with Gasteiger partial charge in [0.25, 0.3) is 0 Å². The molecule has 3 aromatic rings. The van der Waals surface area contributed by atoms with Gasteiger partial charge >= 0.3 is 0 Å². The second kappa shape index (κ2) is 6.25. The fourth-order valence-electron chi connectivity index (χ4n) is 2.50. The van der Waals surface area contributed by atoms with Crippen LogP contribution in [-0.4, -0.2) is 25.0 Å². The van der Waals surface area contributed by atoms with Crippen molar-refractivity contribution < 1.29 is 0 Å². The van der Waals surface area contributed by atoms with Crippen LogP contribution in [0, 0.1) is 24.7 Å². The number of aryl methyl sites for hydroxylation is 1. The summed E-state index contributed by atoms with van der Waals surface area (Å²) in [5.41, 5.74) is 4.14. The van der Waals surface area contributed by atoms with E-state index >= 15 is 0 Å². The molecule has 0 N–H and O–H groups in total. The van der Waals surface area contributed by atoms with E-state index in [2.05, 4.69) is 57.2 Å². The summed E-state index contributed by atoms with van der Waals surface area (Å²) in [7, 11) is 0. The van der Waals surface area contributed by atoms with E-state index in [4.69, 9.17) is 0 Å². The van der Waals surface area contributed by atoms with Crippen molar-refractivity contribution in [3.8, 4) is 23.1 Å². The molecule has 0 spiro atoms. The Morgan fingerprint density at radius 1 is 1.21 bits per heavy atom. The van der Waals surface area contributed by atoms with E-state index in [1.807, 2.05) is 6.20 Å². The van der Waals surface area contributed by atoms with Crippen LogP contribution in [0.4, 0.5) is 0 Å². The van der Waals surface area contributed by atoms with E-state index in [9.17, 15) is 0 Å². The summed E-state index contributed by atoms with van der Waals surface area (Å²) in [4.78, 5) is 8.42. The molecule has 24 heavy (non-hydrogen) atoms. The summed E-state index contributed by atoms with van der Waals surface area (Å²) < 4.78 is 1.75. The number of aromatic nitrogens is 5. The van der Waals surface area contributed by atoms with Gasteiger partial charge in [0.2, 0.25) is 0 Å². The van der Waals surface area contributed by atoms with Crippen molar-refractivity contribution in [3.05, 3.63) is 59.8 Å². The zero-order valence-corrected chi connectivity index (χ0v) is 13.5. The van der Waals surface area contributed by atoms with E-state index in [0.717, 1.165) is 28.2 Å². The van der Waals surface area contributed by atoms with Gasteiger partial charge in [-0.1, -0.05) is 23.1 Å². The van der Waals surface area contributed by atoms with Crippen LogP contribution in [0.2, 0.25) is 0 Å². The molecular formula is C19H17N5. The first-order valence-corrected chi connectivity index (χ1v) is 8.06. The summed E-state index contributed by atoms with van der Waals surface area (Å²) in [5.74, 6) is 7.89. The van der Waals surface area contributed by atoms with Crippen LogP contribution in [0.15, 0.2) is 42.9 Å². The number of nitrogens with zero attached hydrogens (tertiary/aromatic N) is 5. The molecular weight excluding hydrogens is 298 g/mol. The highest BCUT2D eigenvalue weighted by Crippen LogP contribution is 2.28. The number of hydrogen-bond donors (Lipinski definition) is 0. The van der Waals surface area contributed by atoms with Gasteiger partial charge in [0, 0.05) is 29.4 Å². The first kappa shape index (κ1) is 14.6. The molecule has 5 nitrogen and oxygen atoms in total. The van der Waals surface area contributed by atoms with E-state index in [-0.39, 0.29) is 0 Å². The predicted molar refractivity (Wildman–Crippen MR) is 90.9 cm³/mol. The minimum Gasteiger partial charge on any atom is -0.244 e. The molecule has 2 heterocycles. The lowest BCUT2D eigenvalue weighted by molar-refractivity contribution is 0.624. The highest BCUT2D eigenvalue weighted by molar-refractivity contribution is 5.64. The van der Waals surface area contributed by atoms with Gasteiger partial charge in [-0.05, 0) is 43.5 Å². The Hall–Kier alpha value is -3.00. The molecule has 0 atom stereocenters. The van der Waals surface area contributed by atoms with Crippen LogP contribution in [0.25, 0.3) is 11.3 Å². The number of benzene rings is 1. The topological polar surface area (TPSA) is 56.5 Å². The van der Waals surface area contributed by atoms with Crippen molar-refractivity contribution in [1.29, 1.82) is 0 Å². The van der Waals surface area contributed by atoms with Crippen LogP contribution >= 0.6 is 0 Å². The van der Waals surface area contributed by atoms with Crippen molar-refractivity contribution in [2.24, 2.45) is 5.92 Å². The lowest BCUT2D eigenvalue weighted by Gasteiger charge is -2.02. The Bertz CT molecular complexity index is 914. The summed E-state index contributed by atoms with van der Waals surface area (Å²) in [6.45, 7) is 2.59. The van der Waals surface area contributed by atoms with Gasteiger partial charge in [-0.15, -0.1) is 5.10 Å². The third kappa shape index (κ3) is 3.33.